The van der Waals surface area contributed by atoms with Gasteiger partial charge in [-0.1, -0.05) is 0 Å². The second-order valence-electron chi connectivity index (χ2n) is 3.98. The summed E-state index contributed by atoms with van der Waals surface area (Å²) in [7, 11) is 0. The van der Waals surface area contributed by atoms with E-state index >= 15 is 0 Å². The fourth-order valence-corrected chi connectivity index (χ4v) is 1.75. The van der Waals surface area contributed by atoms with Crippen LogP contribution in [0, 0.1) is 5.92 Å². The summed E-state index contributed by atoms with van der Waals surface area (Å²) >= 11 is 0. The summed E-state index contributed by atoms with van der Waals surface area (Å²) in [6, 6.07) is 1.52. The van der Waals surface area contributed by atoms with Crippen molar-refractivity contribution in [1.29, 1.82) is 0 Å². The molecule has 1 amide bonds. The zero-order chi connectivity index (χ0) is 11.4. The highest BCUT2D eigenvalue weighted by molar-refractivity contribution is 5.92. The summed E-state index contributed by atoms with van der Waals surface area (Å²) in [5.74, 6) is 0.740. The Labute approximate surface area is 93.5 Å². The van der Waals surface area contributed by atoms with Gasteiger partial charge in [0.1, 0.15) is 11.5 Å². The van der Waals surface area contributed by atoms with Crippen LogP contribution in [0.25, 0.3) is 0 Å². The number of amides is 1. The van der Waals surface area contributed by atoms with Gasteiger partial charge in [0.15, 0.2) is 0 Å². The van der Waals surface area contributed by atoms with Gasteiger partial charge in [-0.3, -0.25) is 9.89 Å². The molecule has 0 bridgehead atoms. The lowest BCUT2D eigenvalue weighted by Crippen LogP contribution is -2.26. The molecule has 0 radical (unpaired) electrons. The molecule has 4 N–H and O–H groups in total. The van der Waals surface area contributed by atoms with Gasteiger partial charge in [-0.05, 0) is 18.8 Å². The minimum Gasteiger partial charge on any atom is -0.382 e. The number of nitrogens with two attached hydrogens (primary N) is 1. The van der Waals surface area contributed by atoms with Crippen molar-refractivity contribution >= 4 is 11.7 Å². The van der Waals surface area contributed by atoms with Gasteiger partial charge in [0.2, 0.25) is 0 Å². The first kappa shape index (κ1) is 10.9. The lowest BCUT2D eigenvalue weighted by atomic mass is 10.1. The van der Waals surface area contributed by atoms with E-state index in [1.54, 1.807) is 0 Å². The van der Waals surface area contributed by atoms with Gasteiger partial charge >= 0.3 is 0 Å². The average Bonchev–Trinajstić information content (AvgIpc) is 2.89. The highest BCUT2D eigenvalue weighted by Crippen LogP contribution is 2.15. The maximum absolute atomic E-state index is 11.6. The van der Waals surface area contributed by atoms with Crippen molar-refractivity contribution in [3.8, 4) is 0 Å². The topological polar surface area (TPSA) is 93.0 Å². The molecule has 2 heterocycles. The summed E-state index contributed by atoms with van der Waals surface area (Å²) in [4.78, 5) is 11.6. The van der Waals surface area contributed by atoms with E-state index in [0.29, 0.717) is 24.0 Å². The van der Waals surface area contributed by atoms with Gasteiger partial charge in [-0.2, -0.15) is 5.10 Å². The van der Waals surface area contributed by atoms with E-state index in [1.165, 1.54) is 6.07 Å². The number of nitrogens with zero attached hydrogens (tertiary/aromatic N) is 1. The molecule has 0 saturated carbocycles. The molecule has 88 valence electrons. The van der Waals surface area contributed by atoms with Crippen molar-refractivity contribution in [1.82, 2.24) is 15.5 Å². The number of ether oxygens (including phenoxy) is 1. The van der Waals surface area contributed by atoms with Crippen LogP contribution < -0.4 is 11.1 Å². The van der Waals surface area contributed by atoms with Crippen LogP contribution in [0.3, 0.4) is 0 Å². The molecule has 1 fully saturated rings. The molecule has 1 aromatic rings. The van der Waals surface area contributed by atoms with E-state index in [1.807, 2.05) is 0 Å². The Kier molecular flexibility index (Phi) is 3.40. The van der Waals surface area contributed by atoms with Crippen LogP contribution in [0.2, 0.25) is 0 Å². The van der Waals surface area contributed by atoms with Crippen LogP contribution in [-0.4, -0.2) is 35.9 Å². The molecule has 6 nitrogen and oxygen atoms in total. The standard InChI is InChI=1S/C10H16N4O2/c11-9-5-8(13-14-9)10(15)12-3-1-7-2-4-16-6-7/h5,7H,1-4,6H2,(H,12,15)(H3,11,13,14). The van der Waals surface area contributed by atoms with E-state index in [9.17, 15) is 4.79 Å². The van der Waals surface area contributed by atoms with Gasteiger partial charge in [-0.15, -0.1) is 0 Å². The number of carbonyl (C=O) groups is 1. The summed E-state index contributed by atoms with van der Waals surface area (Å²) in [5.41, 5.74) is 5.81. The van der Waals surface area contributed by atoms with Gasteiger partial charge in [0, 0.05) is 25.8 Å². The van der Waals surface area contributed by atoms with E-state index in [2.05, 4.69) is 15.5 Å². The first-order valence-corrected chi connectivity index (χ1v) is 5.42. The molecule has 1 aliphatic rings. The number of rotatable bonds is 4. The van der Waals surface area contributed by atoms with E-state index in [0.717, 1.165) is 26.1 Å². The Morgan fingerprint density at radius 2 is 2.62 bits per heavy atom. The molecule has 1 saturated heterocycles. The van der Waals surface area contributed by atoms with Crippen molar-refractivity contribution < 1.29 is 9.53 Å². The predicted molar refractivity (Wildman–Crippen MR) is 58.9 cm³/mol. The molecule has 2 rings (SSSR count). The molecule has 0 aromatic carbocycles. The normalized spacial score (nSPS) is 19.9. The van der Waals surface area contributed by atoms with E-state index < -0.39 is 0 Å². The summed E-state index contributed by atoms with van der Waals surface area (Å²) in [6.45, 7) is 2.31. The van der Waals surface area contributed by atoms with Crippen LogP contribution in [-0.2, 0) is 4.74 Å². The number of hydrogen-bond donors (Lipinski definition) is 3. The van der Waals surface area contributed by atoms with Crippen LogP contribution in [0.5, 0.6) is 0 Å². The Morgan fingerprint density at radius 3 is 3.25 bits per heavy atom. The molecule has 6 heteroatoms. The minimum absolute atomic E-state index is 0.164. The van der Waals surface area contributed by atoms with E-state index in [-0.39, 0.29) is 5.91 Å². The SMILES string of the molecule is Nc1cc(C(=O)NCCC2CCOC2)[nH]n1. The number of carbonyl (C=O) groups excluding carboxylic acids is 1. The molecule has 16 heavy (non-hydrogen) atoms. The first-order chi connectivity index (χ1) is 7.75. The molecule has 0 spiro atoms. The maximum atomic E-state index is 11.6. The number of nitrogens with one attached hydrogen (secondary N) is 2. The van der Waals surface area contributed by atoms with Crippen molar-refractivity contribution in [3.63, 3.8) is 0 Å². The Morgan fingerprint density at radius 1 is 1.75 bits per heavy atom. The summed E-state index contributed by atoms with van der Waals surface area (Å²) in [6.07, 6.45) is 2.04. The molecular formula is C10H16N4O2. The van der Waals surface area contributed by atoms with E-state index in [4.69, 9.17) is 10.5 Å². The number of H-pyrrole nitrogens is 1. The monoisotopic (exact) mass is 224 g/mol. The number of nitrogen functional groups attached to an aromatic ring is 1. The maximum Gasteiger partial charge on any atom is 0.269 e. The average molecular weight is 224 g/mol. The number of aromatic amines is 1. The van der Waals surface area contributed by atoms with Crippen molar-refractivity contribution in [2.45, 2.75) is 12.8 Å². The third-order valence-electron chi connectivity index (χ3n) is 2.70. The third kappa shape index (κ3) is 2.73. The minimum atomic E-state index is -0.164. The Hall–Kier alpha value is -1.56. The fourth-order valence-electron chi connectivity index (χ4n) is 1.75. The van der Waals surface area contributed by atoms with Gasteiger partial charge in [-0.25, -0.2) is 0 Å². The van der Waals surface area contributed by atoms with Crippen LogP contribution in [0.15, 0.2) is 6.07 Å². The van der Waals surface area contributed by atoms with Crippen LogP contribution in [0.1, 0.15) is 23.3 Å². The second kappa shape index (κ2) is 4.98. The number of anilines is 1. The number of hydrogen-bond acceptors (Lipinski definition) is 4. The lowest BCUT2D eigenvalue weighted by Gasteiger charge is -2.07. The molecule has 1 unspecified atom stereocenters. The third-order valence-corrected chi connectivity index (χ3v) is 2.70. The molecular weight excluding hydrogens is 208 g/mol. The van der Waals surface area contributed by atoms with Gasteiger partial charge < -0.3 is 15.8 Å². The zero-order valence-corrected chi connectivity index (χ0v) is 9.03. The summed E-state index contributed by atoms with van der Waals surface area (Å²) in [5, 5.41) is 9.08. The van der Waals surface area contributed by atoms with Crippen molar-refractivity contribution in [2.24, 2.45) is 5.92 Å². The predicted octanol–water partition coefficient (Wildman–Crippen LogP) is 0.148. The zero-order valence-electron chi connectivity index (χ0n) is 9.03. The second-order valence-corrected chi connectivity index (χ2v) is 3.98. The fraction of sp³-hybridized carbons (Fsp3) is 0.600. The molecule has 1 aliphatic heterocycles. The van der Waals surface area contributed by atoms with Crippen LogP contribution in [0.4, 0.5) is 5.82 Å². The van der Waals surface area contributed by atoms with Gasteiger partial charge in [0.25, 0.3) is 5.91 Å². The smallest absolute Gasteiger partial charge is 0.269 e. The van der Waals surface area contributed by atoms with Crippen molar-refractivity contribution in [2.75, 3.05) is 25.5 Å². The summed E-state index contributed by atoms with van der Waals surface area (Å²) < 4.78 is 5.26. The lowest BCUT2D eigenvalue weighted by molar-refractivity contribution is 0.0945. The van der Waals surface area contributed by atoms with Gasteiger partial charge in [0.05, 0.1) is 0 Å². The molecule has 1 aromatic heterocycles. The quantitative estimate of drug-likeness (QED) is 0.678. The Balaban J connectivity index is 1.71. The van der Waals surface area contributed by atoms with Crippen molar-refractivity contribution in [3.05, 3.63) is 11.8 Å². The highest BCUT2D eigenvalue weighted by Gasteiger charge is 2.15. The first-order valence-electron chi connectivity index (χ1n) is 5.42. The largest absolute Gasteiger partial charge is 0.382 e. The molecule has 0 aliphatic carbocycles. The number of aromatic nitrogens is 2. The Bertz CT molecular complexity index is 357. The highest BCUT2D eigenvalue weighted by atomic mass is 16.5. The molecule has 1 atom stereocenters. The van der Waals surface area contributed by atoms with Crippen LogP contribution >= 0.6 is 0 Å².